The van der Waals surface area contributed by atoms with Crippen LogP contribution in [0.4, 0.5) is 10.1 Å². The maximum atomic E-state index is 13.0. The third-order valence-corrected chi connectivity index (χ3v) is 4.41. The summed E-state index contributed by atoms with van der Waals surface area (Å²) >= 11 is 0. The largest absolute Gasteiger partial charge is 0.309 e. The second-order valence-corrected chi connectivity index (χ2v) is 6.79. The molecule has 0 fully saturated rings. The van der Waals surface area contributed by atoms with Crippen LogP contribution in [-0.2, 0) is 11.2 Å². The van der Waals surface area contributed by atoms with Crippen LogP contribution in [0.3, 0.4) is 0 Å². The highest BCUT2D eigenvalue weighted by molar-refractivity contribution is 6.04. The quantitative estimate of drug-likeness (QED) is 0.795. The number of hydrogen-bond donors (Lipinski definition) is 0. The van der Waals surface area contributed by atoms with Gasteiger partial charge in [-0.3, -0.25) is 4.79 Å². The Kier molecular flexibility index (Phi) is 5.29. The van der Waals surface area contributed by atoms with Crippen LogP contribution in [-0.4, -0.2) is 38.0 Å². The Hall–Kier alpha value is -2.46. The van der Waals surface area contributed by atoms with Crippen molar-refractivity contribution in [3.05, 3.63) is 71.6 Å². The number of fused-ring (bicyclic) bond motifs is 1. The van der Waals surface area contributed by atoms with Crippen molar-refractivity contribution < 1.29 is 9.18 Å². The lowest BCUT2D eigenvalue weighted by atomic mass is 9.92. The highest BCUT2D eigenvalue weighted by Gasteiger charge is 2.27. The summed E-state index contributed by atoms with van der Waals surface area (Å²) < 4.78 is 13.0. The van der Waals surface area contributed by atoms with Gasteiger partial charge in [0, 0.05) is 24.9 Å². The molecule has 1 aliphatic rings. The van der Waals surface area contributed by atoms with Crippen molar-refractivity contribution in [2.24, 2.45) is 5.92 Å². The molecule has 0 bridgehead atoms. The molecule has 1 heterocycles. The van der Waals surface area contributed by atoms with Crippen LogP contribution in [0.5, 0.6) is 0 Å². The summed E-state index contributed by atoms with van der Waals surface area (Å²) in [6.45, 7) is 1.65. The predicted octanol–water partition coefficient (Wildman–Crippen LogP) is 3.61. The van der Waals surface area contributed by atoms with Crippen molar-refractivity contribution in [1.29, 1.82) is 0 Å². The van der Waals surface area contributed by atoms with Gasteiger partial charge in [-0.05, 0) is 61.8 Å². The van der Waals surface area contributed by atoms with Gasteiger partial charge in [0.25, 0.3) is 5.91 Å². The average molecular weight is 338 g/mol. The lowest BCUT2D eigenvalue weighted by Gasteiger charge is -2.35. The number of carbonyl (C=O) groups is 1. The van der Waals surface area contributed by atoms with Crippen molar-refractivity contribution in [3.63, 3.8) is 0 Å². The van der Waals surface area contributed by atoms with Gasteiger partial charge in [-0.2, -0.15) is 0 Å². The smallest absolute Gasteiger partial charge is 0.251 e. The fourth-order valence-electron chi connectivity index (χ4n) is 3.36. The van der Waals surface area contributed by atoms with E-state index in [1.54, 1.807) is 24.3 Å². The Balaban J connectivity index is 1.81. The number of anilines is 1. The molecule has 0 saturated heterocycles. The number of amides is 1. The van der Waals surface area contributed by atoms with Crippen molar-refractivity contribution in [3.8, 4) is 0 Å². The summed E-state index contributed by atoms with van der Waals surface area (Å²) in [7, 11) is 4.11. The number of rotatable bonds is 4. The van der Waals surface area contributed by atoms with Crippen LogP contribution in [0.2, 0.25) is 0 Å². The van der Waals surface area contributed by atoms with E-state index in [1.165, 1.54) is 17.7 Å². The van der Waals surface area contributed by atoms with E-state index in [-0.39, 0.29) is 11.7 Å². The minimum atomic E-state index is -0.278. The highest BCUT2D eigenvalue weighted by Crippen LogP contribution is 2.30. The summed E-state index contributed by atoms with van der Waals surface area (Å²) in [4.78, 5) is 16.8. The minimum absolute atomic E-state index is 0.0415. The molecule has 0 radical (unpaired) electrons. The van der Waals surface area contributed by atoms with Gasteiger partial charge < -0.3 is 9.80 Å². The first-order valence-corrected chi connectivity index (χ1v) is 8.50. The van der Waals surface area contributed by atoms with Crippen molar-refractivity contribution in [1.82, 2.24) is 4.90 Å². The van der Waals surface area contributed by atoms with Crippen LogP contribution in [0.1, 0.15) is 11.1 Å². The first-order valence-electron chi connectivity index (χ1n) is 8.50. The number of hydrogen-bond acceptors (Lipinski definition) is 2. The molecule has 0 N–H and O–H groups in total. The summed E-state index contributed by atoms with van der Waals surface area (Å²) in [6.07, 6.45) is 4.29. The third-order valence-electron chi connectivity index (χ3n) is 4.41. The van der Waals surface area contributed by atoms with Gasteiger partial charge in [0.2, 0.25) is 0 Å². The molecule has 0 spiro atoms. The fourth-order valence-corrected chi connectivity index (χ4v) is 3.36. The summed E-state index contributed by atoms with van der Waals surface area (Å²) in [6, 6.07) is 14.2. The van der Waals surface area contributed by atoms with Crippen LogP contribution in [0.25, 0.3) is 6.08 Å². The Bertz CT molecular complexity index is 768. The minimum Gasteiger partial charge on any atom is -0.309 e. The SMILES string of the molecule is CN(C)CC1Cc2ccccc2N(C(=O)C=Cc2ccc(F)cc2)C1. The van der Waals surface area contributed by atoms with Crippen LogP contribution in [0, 0.1) is 11.7 Å². The Morgan fingerprint density at radius 1 is 1.20 bits per heavy atom. The second kappa shape index (κ2) is 7.62. The van der Waals surface area contributed by atoms with Gasteiger partial charge in [0.05, 0.1) is 0 Å². The zero-order chi connectivity index (χ0) is 17.8. The molecule has 2 aromatic rings. The molecule has 1 aliphatic heterocycles. The molecular weight excluding hydrogens is 315 g/mol. The lowest BCUT2D eigenvalue weighted by molar-refractivity contribution is -0.114. The highest BCUT2D eigenvalue weighted by atomic mass is 19.1. The molecule has 4 heteroatoms. The molecule has 2 aromatic carbocycles. The van der Waals surface area contributed by atoms with E-state index in [2.05, 4.69) is 25.1 Å². The average Bonchev–Trinajstić information content (AvgIpc) is 2.59. The molecule has 0 saturated carbocycles. The van der Waals surface area contributed by atoms with Gasteiger partial charge in [0.1, 0.15) is 5.82 Å². The van der Waals surface area contributed by atoms with Gasteiger partial charge >= 0.3 is 0 Å². The van der Waals surface area contributed by atoms with Crippen LogP contribution >= 0.6 is 0 Å². The van der Waals surface area contributed by atoms with Gasteiger partial charge in [0.15, 0.2) is 0 Å². The Morgan fingerprint density at radius 3 is 2.64 bits per heavy atom. The maximum absolute atomic E-state index is 13.0. The number of benzene rings is 2. The van der Waals surface area contributed by atoms with E-state index < -0.39 is 0 Å². The second-order valence-electron chi connectivity index (χ2n) is 6.79. The van der Waals surface area contributed by atoms with E-state index in [1.807, 2.05) is 23.1 Å². The lowest BCUT2D eigenvalue weighted by Crippen LogP contribution is -2.42. The van der Waals surface area contributed by atoms with Crippen LogP contribution in [0.15, 0.2) is 54.6 Å². The molecular formula is C21H23FN2O. The van der Waals surface area contributed by atoms with Crippen LogP contribution < -0.4 is 4.90 Å². The molecule has 1 amide bonds. The number of halogens is 1. The molecule has 0 aromatic heterocycles. The van der Waals surface area contributed by atoms with E-state index in [4.69, 9.17) is 0 Å². The van der Waals surface area contributed by atoms with Gasteiger partial charge in [-0.1, -0.05) is 30.3 Å². The molecule has 0 aliphatic carbocycles. The topological polar surface area (TPSA) is 23.6 Å². The van der Waals surface area contributed by atoms with E-state index >= 15 is 0 Å². The van der Waals surface area contributed by atoms with Crippen molar-refractivity contribution in [2.75, 3.05) is 32.1 Å². The third kappa shape index (κ3) is 4.34. The standard InChI is InChI=1S/C21H23FN2O/c1-23(2)14-17-13-18-5-3-4-6-20(18)24(15-17)21(25)12-9-16-7-10-19(22)11-8-16/h3-12,17H,13-15H2,1-2H3. The number of para-hydroxylation sites is 1. The molecule has 130 valence electrons. The molecule has 25 heavy (non-hydrogen) atoms. The Morgan fingerprint density at radius 2 is 1.92 bits per heavy atom. The van der Waals surface area contributed by atoms with Crippen molar-refractivity contribution >= 4 is 17.7 Å². The molecule has 3 rings (SSSR count). The summed E-state index contributed by atoms with van der Waals surface area (Å²) in [5.74, 6) is 0.0910. The first kappa shape index (κ1) is 17.4. The zero-order valence-corrected chi connectivity index (χ0v) is 14.7. The normalized spacial score (nSPS) is 17.1. The zero-order valence-electron chi connectivity index (χ0n) is 14.7. The summed E-state index contributed by atoms with van der Waals surface area (Å²) in [5, 5.41) is 0. The Labute approximate surface area is 148 Å². The molecule has 1 atom stereocenters. The van der Waals surface area contributed by atoms with E-state index in [0.29, 0.717) is 12.5 Å². The van der Waals surface area contributed by atoms with Gasteiger partial charge in [-0.15, -0.1) is 0 Å². The first-order chi connectivity index (χ1) is 12.0. The fraction of sp³-hybridized carbons (Fsp3) is 0.286. The molecule has 3 nitrogen and oxygen atoms in total. The summed E-state index contributed by atoms with van der Waals surface area (Å²) in [5.41, 5.74) is 3.01. The molecule has 1 unspecified atom stereocenters. The van der Waals surface area contributed by atoms with Gasteiger partial charge in [-0.25, -0.2) is 4.39 Å². The van der Waals surface area contributed by atoms with Crippen molar-refractivity contribution in [2.45, 2.75) is 6.42 Å². The number of carbonyl (C=O) groups excluding carboxylic acids is 1. The maximum Gasteiger partial charge on any atom is 0.251 e. The monoisotopic (exact) mass is 338 g/mol. The number of nitrogens with zero attached hydrogens (tertiary/aromatic N) is 2. The van der Waals surface area contributed by atoms with E-state index in [0.717, 1.165) is 24.2 Å². The predicted molar refractivity (Wildman–Crippen MR) is 100.0 cm³/mol. The van der Waals surface area contributed by atoms with E-state index in [9.17, 15) is 9.18 Å².